The van der Waals surface area contributed by atoms with E-state index in [9.17, 15) is 14.7 Å². The van der Waals surface area contributed by atoms with Crippen LogP contribution in [0.3, 0.4) is 0 Å². The summed E-state index contributed by atoms with van der Waals surface area (Å²) >= 11 is 0. The number of aliphatic imine (C=N–C) groups is 1. The lowest BCUT2D eigenvalue weighted by Gasteiger charge is -2.14. The number of carboxylic acids is 1. The number of nitrogens with one attached hydrogen (secondary N) is 2. The maximum absolute atomic E-state index is 12.1. The summed E-state index contributed by atoms with van der Waals surface area (Å²) in [6.45, 7) is 0.368. The average Bonchev–Trinajstić information content (AvgIpc) is 3.19. The highest BCUT2D eigenvalue weighted by Crippen LogP contribution is 2.12. The number of hydrogen-bond donors (Lipinski definition) is 6. The third-order valence-electron chi connectivity index (χ3n) is 4.07. The van der Waals surface area contributed by atoms with E-state index in [4.69, 9.17) is 21.7 Å². The molecule has 2 atom stereocenters. The Morgan fingerprint density at radius 3 is 2.63 bits per heavy atom. The summed E-state index contributed by atoms with van der Waals surface area (Å²) in [5.74, 6) is -0.677. The van der Waals surface area contributed by atoms with Crippen molar-refractivity contribution >= 4 is 18.0 Å². The molecule has 30 heavy (non-hydrogen) atoms. The van der Waals surface area contributed by atoms with Crippen molar-refractivity contribution in [3.05, 3.63) is 47.6 Å². The van der Waals surface area contributed by atoms with Crippen LogP contribution < -0.4 is 27.8 Å². The van der Waals surface area contributed by atoms with E-state index in [0.29, 0.717) is 25.2 Å². The van der Waals surface area contributed by atoms with E-state index in [1.807, 2.05) is 6.07 Å². The van der Waals surface area contributed by atoms with Crippen LogP contribution >= 0.6 is 0 Å². The van der Waals surface area contributed by atoms with Gasteiger partial charge in [0.05, 0.1) is 12.6 Å². The monoisotopic (exact) mass is 418 g/mol. The van der Waals surface area contributed by atoms with Crippen molar-refractivity contribution in [2.24, 2.45) is 22.2 Å². The molecule has 9 N–H and O–H groups in total. The smallest absolute Gasteiger partial charge is 0.326 e. The standard InChI is InChI=1S/C18H26N8O4/c19-12(7-4-8-22-17(20)21)15-25-14(30-26-15)10-23-18(29)24-13(16(27)28)9-11-5-2-1-3-6-11/h1-3,5-6,12-13H,4,7-10,19H2,(H,27,28)(H4,20,21,22)(H2,23,24,29). The number of nitrogens with zero attached hydrogens (tertiary/aromatic N) is 3. The molecule has 2 unspecified atom stereocenters. The summed E-state index contributed by atoms with van der Waals surface area (Å²) in [5, 5.41) is 18.0. The number of nitrogens with two attached hydrogens (primary N) is 3. The molecule has 162 valence electrons. The molecule has 0 aliphatic rings. The maximum atomic E-state index is 12.1. The first kappa shape index (κ1) is 22.6. The van der Waals surface area contributed by atoms with Crippen LogP contribution in [0.4, 0.5) is 4.79 Å². The zero-order chi connectivity index (χ0) is 21.9. The normalized spacial score (nSPS) is 12.6. The van der Waals surface area contributed by atoms with Crippen molar-refractivity contribution in [2.45, 2.75) is 37.9 Å². The summed E-state index contributed by atoms with van der Waals surface area (Å²) in [6.07, 6.45) is 1.34. The SMILES string of the molecule is NC(N)=NCCCC(N)c1noc(CNC(=O)NC(Cc2ccccc2)C(=O)O)n1. The molecule has 2 amide bonds. The molecule has 0 bridgehead atoms. The van der Waals surface area contributed by atoms with Crippen LogP contribution in [-0.4, -0.2) is 45.8 Å². The number of benzene rings is 1. The van der Waals surface area contributed by atoms with Gasteiger partial charge in [0, 0.05) is 13.0 Å². The lowest BCUT2D eigenvalue weighted by atomic mass is 10.1. The van der Waals surface area contributed by atoms with E-state index in [1.165, 1.54) is 0 Å². The molecule has 2 aromatic rings. The summed E-state index contributed by atoms with van der Waals surface area (Å²) in [6, 6.07) is 6.79. The van der Waals surface area contributed by atoms with Crippen LogP contribution in [0, 0.1) is 0 Å². The van der Waals surface area contributed by atoms with Gasteiger partial charge in [0.2, 0.25) is 5.89 Å². The number of carboxylic acid groups (broad SMARTS) is 1. The van der Waals surface area contributed by atoms with Crippen molar-refractivity contribution in [1.82, 2.24) is 20.8 Å². The van der Waals surface area contributed by atoms with Gasteiger partial charge in [-0.15, -0.1) is 0 Å². The lowest BCUT2D eigenvalue weighted by molar-refractivity contribution is -0.139. The van der Waals surface area contributed by atoms with Gasteiger partial charge in [0.15, 0.2) is 11.8 Å². The molecule has 0 saturated carbocycles. The Bertz CT molecular complexity index is 851. The number of urea groups is 1. The quantitative estimate of drug-likeness (QED) is 0.159. The Morgan fingerprint density at radius 2 is 1.97 bits per heavy atom. The minimum Gasteiger partial charge on any atom is -0.480 e. The highest BCUT2D eigenvalue weighted by Gasteiger charge is 2.21. The molecule has 0 aliphatic carbocycles. The second-order valence-electron chi connectivity index (χ2n) is 6.51. The predicted octanol–water partition coefficient (Wildman–Crippen LogP) is -0.382. The third kappa shape index (κ3) is 7.75. The second-order valence-corrected chi connectivity index (χ2v) is 6.51. The maximum Gasteiger partial charge on any atom is 0.326 e. The van der Waals surface area contributed by atoms with Crippen molar-refractivity contribution in [2.75, 3.05) is 6.54 Å². The number of hydrogen-bond acceptors (Lipinski definition) is 7. The van der Waals surface area contributed by atoms with Crippen molar-refractivity contribution < 1.29 is 19.2 Å². The summed E-state index contributed by atoms with van der Waals surface area (Å²) in [5.41, 5.74) is 17.3. The van der Waals surface area contributed by atoms with E-state index in [2.05, 4.69) is 25.8 Å². The van der Waals surface area contributed by atoms with E-state index in [-0.39, 0.29) is 24.8 Å². The molecular weight excluding hydrogens is 392 g/mol. The Balaban J connectivity index is 1.79. The minimum absolute atomic E-state index is 0.0173. The fourth-order valence-electron chi connectivity index (χ4n) is 2.55. The van der Waals surface area contributed by atoms with Crippen molar-refractivity contribution in [3.8, 4) is 0 Å². The molecular formula is C18H26N8O4. The van der Waals surface area contributed by atoms with Gasteiger partial charge in [0.25, 0.3) is 0 Å². The Kier molecular flexibility index (Phi) is 8.56. The Labute approximate surface area is 172 Å². The average molecular weight is 418 g/mol. The molecule has 1 aromatic carbocycles. The molecule has 12 nitrogen and oxygen atoms in total. The van der Waals surface area contributed by atoms with Crippen LogP contribution in [0.2, 0.25) is 0 Å². The van der Waals surface area contributed by atoms with Gasteiger partial charge < -0.3 is 37.5 Å². The molecule has 2 rings (SSSR count). The van der Waals surface area contributed by atoms with Gasteiger partial charge in [-0.1, -0.05) is 35.5 Å². The zero-order valence-corrected chi connectivity index (χ0v) is 16.3. The van der Waals surface area contributed by atoms with Crippen molar-refractivity contribution in [1.29, 1.82) is 0 Å². The molecule has 0 spiro atoms. The number of aliphatic carboxylic acids is 1. The fourth-order valence-corrected chi connectivity index (χ4v) is 2.55. The fraction of sp³-hybridized carbons (Fsp3) is 0.389. The first-order chi connectivity index (χ1) is 14.3. The van der Waals surface area contributed by atoms with Crippen LogP contribution in [0.25, 0.3) is 0 Å². The highest BCUT2D eigenvalue weighted by molar-refractivity contribution is 5.82. The number of amides is 2. The predicted molar refractivity (Wildman–Crippen MR) is 108 cm³/mol. The zero-order valence-electron chi connectivity index (χ0n) is 16.3. The summed E-state index contributed by atoms with van der Waals surface area (Å²) < 4.78 is 5.06. The second kappa shape index (κ2) is 11.4. The van der Waals surface area contributed by atoms with Crippen LogP contribution in [0.1, 0.15) is 36.2 Å². The van der Waals surface area contributed by atoms with Gasteiger partial charge in [-0.2, -0.15) is 4.98 Å². The van der Waals surface area contributed by atoms with Crippen molar-refractivity contribution in [3.63, 3.8) is 0 Å². The lowest BCUT2D eigenvalue weighted by Crippen LogP contribution is -2.46. The molecule has 1 heterocycles. The number of carbonyl (C=O) groups excluding carboxylic acids is 1. The van der Waals surface area contributed by atoms with Gasteiger partial charge in [-0.25, -0.2) is 9.59 Å². The van der Waals surface area contributed by atoms with E-state index >= 15 is 0 Å². The van der Waals surface area contributed by atoms with Gasteiger partial charge in [-0.3, -0.25) is 4.99 Å². The van der Waals surface area contributed by atoms with E-state index in [0.717, 1.165) is 5.56 Å². The van der Waals surface area contributed by atoms with E-state index < -0.39 is 24.1 Å². The highest BCUT2D eigenvalue weighted by atomic mass is 16.5. The molecule has 0 saturated heterocycles. The first-order valence-corrected chi connectivity index (χ1v) is 9.29. The number of carbonyl (C=O) groups is 2. The topological polar surface area (TPSA) is 208 Å². The molecule has 0 aliphatic heterocycles. The largest absolute Gasteiger partial charge is 0.480 e. The van der Waals surface area contributed by atoms with Gasteiger partial charge >= 0.3 is 12.0 Å². The minimum atomic E-state index is -1.14. The summed E-state index contributed by atoms with van der Waals surface area (Å²) in [4.78, 5) is 31.5. The first-order valence-electron chi connectivity index (χ1n) is 9.29. The van der Waals surface area contributed by atoms with Gasteiger partial charge in [0.1, 0.15) is 6.04 Å². The van der Waals surface area contributed by atoms with E-state index in [1.54, 1.807) is 24.3 Å². The van der Waals surface area contributed by atoms with Gasteiger partial charge in [-0.05, 0) is 18.4 Å². The molecule has 0 radical (unpaired) electrons. The molecule has 1 aromatic heterocycles. The Hall–Kier alpha value is -3.67. The van der Waals surface area contributed by atoms with Crippen LogP contribution in [0.5, 0.6) is 0 Å². The third-order valence-corrected chi connectivity index (χ3v) is 4.07. The summed E-state index contributed by atoms with van der Waals surface area (Å²) in [7, 11) is 0. The van der Waals surface area contributed by atoms with Crippen LogP contribution in [-0.2, 0) is 17.8 Å². The number of guanidine groups is 1. The molecule has 0 fully saturated rings. The number of aromatic nitrogens is 2. The Morgan fingerprint density at radius 1 is 1.23 bits per heavy atom. The van der Waals surface area contributed by atoms with Crippen LogP contribution in [0.15, 0.2) is 39.8 Å². The molecule has 12 heteroatoms. The number of rotatable bonds is 11.